The molecule has 8 nitrogen and oxygen atoms in total. The SMILES string of the molecule is CN(C)c1ccc(CNC(=O)COC(=O)c2ccccc2NS(C)(=O)=O)cc1. The number of anilines is 2. The van der Waals surface area contributed by atoms with Gasteiger partial charge in [0.15, 0.2) is 6.61 Å². The van der Waals surface area contributed by atoms with Crippen molar-refractivity contribution in [3.8, 4) is 0 Å². The Balaban J connectivity index is 1.88. The van der Waals surface area contributed by atoms with E-state index in [-0.39, 0.29) is 11.3 Å². The summed E-state index contributed by atoms with van der Waals surface area (Å²) in [5.74, 6) is -1.25. The Bertz CT molecular complexity index is 940. The fraction of sp³-hybridized carbons (Fsp3) is 0.263. The molecule has 0 aliphatic rings. The lowest BCUT2D eigenvalue weighted by Gasteiger charge is -2.13. The van der Waals surface area contributed by atoms with E-state index in [4.69, 9.17) is 4.74 Å². The molecule has 0 radical (unpaired) electrons. The number of sulfonamides is 1. The van der Waals surface area contributed by atoms with E-state index in [2.05, 4.69) is 10.0 Å². The number of para-hydroxylation sites is 1. The Morgan fingerprint density at radius 2 is 1.68 bits per heavy atom. The molecule has 150 valence electrons. The van der Waals surface area contributed by atoms with Crippen LogP contribution in [-0.2, 0) is 26.1 Å². The molecule has 2 aromatic carbocycles. The molecule has 28 heavy (non-hydrogen) atoms. The normalized spacial score (nSPS) is 10.8. The molecule has 2 N–H and O–H groups in total. The highest BCUT2D eigenvalue weighted by Gasteiger charge is 2.16. The molecular formula is C19H23N3O5S. The number of rotatable bonds is 8. The van der Waals surface area contributed by atoms with Crippen LogP contribution in [0.5, 0.6) is 0 Å². The fourth-order valence-corrected chi connectivity index (χ4v) is 2.90. The van der Waals surface area contributed by atoms with Crippen LogP contribution in [0.15, 0.2) is 48.5 Å². The minimum Gasteiger partial charge on any atom is -0.452 e. The monoisotopic (exact) mass is 405 g/mol. The van der Waals surface area contributed by atoms with Crippen LogP contribution in [0.3, 0.4) is 0 Å². The van der Waals surface area contributed by atoms with Crippen LogP contribution in [0.25, 0.3) is 0 Å². The molecule has 0 aromatic heterocycles. The summed E-state index contributed by atoms with van der Waals surface area (Å²) in [6.45, 7) is -0.169. The second-order valence-corrected chi connectivity index (χ2v) is 8.08. The van der Waals surface area contributed by atoms with Gasteiger partial charge in [0.1, 0.15) is 0 Å². The zero-order chi connectivity index (χ0) is 20.7. The van der Waals surface area contributed by atoms with Gasteiger partial charge in [-0.1, -0.05) is 24.3 Å². The summed E-state index contributed by atoms with van der Waals surface area (Å²) in [7, 11) is 0.326. The molecule has 1 amide bonds. The molecule has 0 aliphatic carbocycles. The Morgan fingerprint density at radius 3 is 2.29 bits per heavy atom. The molecule has 0 saturated heterocycles. The maximum absolute atomic E-state index is 12.2. The molecule has 2 aromatic rings. The number of hydrogen-bond acceptors (Lipinski definition) is 6. The average molecular weight is 405 g/mol. The van der Waals surface area contributed by atoms with Crippen molar-refractivity contribution in [3.05, 3.63) is 59.7 Å². The van der Waals surface area contributed by atoms with Crippen molar-refractivity contribution in [2.45, 2.75) is 6.54 Å². The van der Waals surface area contributed by atoms with Gasteiger partial charge in [-0.3, -0.25) is 9.52 Å². The number of nitrogens with one attached hydrogen (secondary N) is 2. The summed E-state index contributed by atoms with van der Waals surface area (Å²) < 4.78 is 30.0. The van der Waals surface area contributed by atoms with Crippen molar-refractivity contribution in [1.29, 1.82) is 0 Å². The van der Waals surface area contributed by atoms with Gasteiger partial charge in [-0.15, -0.1) is 0 Å². The molecule has 0 heterocycles. The summed E-state index contributed by atoms with van der Waals surface area (Å²) in [5, 5.41) is 2.67. The maximum Gasteiger partial charge on any atom is 0.340 e. The first-order valence-corrected chi connectivity index (χ1v) is 10.3. The summed E-state index contributed by atoms with van der Waals surface area (Å²) in [4.78, 5) is 26.1. The van der Waals surface area contributed by atoms with Crippen molar-refractivity contribution in [2.24, 2.45) is 0 Å². The third-order valence-electron chi connectivity index (χ3n) is 3.72. The third kappa shape index (κ3) is 6.58. The lowest BCUT2D eigenvalue weighted by Crippen LogP contribution is -2.28. The van der Waals surface area contributed by atoms with E-state index in [1.807, 2.05) is 43.3 Å². The van der Waals surface area contributed by atoms with Crippen molar-refractivity contribution >= 4 is 33.3 Å². The van der Waals surface area contributed by atoms with Crippen LogP contribution in [0, 0.1) is 0 Å². The standard InChI is InChI=1S/C19H23N3O5S/c1-22(2)15-10-8-14(9-11-15)12-20-18(23)13-27-19(24)16-6-4-5-7-17(16)21-28(3,25)26/h4-11,21H,12-13H2,1-3H3,(H,20,23). The smallest absolute Gasteiger partial charge is 0.340 e. The van der Waals surface area contributed by atoms with Gasteiger partial charge in [0.05, 0.1) is 17.5 Å². The zero-order valence-corrected chi connectivity index (χ0v) is 16.7. The highest BCUT2D eigenvalue weighted by Crippen LogP contribution is 2.17. The molecule has 0 spiro atoms. The largest absolute Gasteiger partial charge is 0.452 e. The first-order valence-electron chi connectivity index (χ1n) is 8.42. The topological polar surface area (TPSA) is 105 Å². The highest BCUT2D eigenvalue weighted by atomic mass is 32.2. The Kier molecular flexibility index (Phi) is 7.00. The second kappa shape index (κ2) is 9.23. The molecule has 0 atom stereocenters. The van der Waals surface area contributed by atoms with Crippen LogP contribution < -0.4 is 14.9 Å². The molecule has 0 unspecified atom stereocenters. The summed E-state index contributed by atoms with van der Waals surface area (Å²) in [6.07, 6.45) is 0.980. The number of hydrogen-bond donors (Lipinski definition) is 2. The maximum atomic E-state index is 12.2. The van der Waals surface area contributed by atoms with Crippen molar-refractivity contribution < 1.29 is 22.7 Å². The van der Waals surface area contributed by atoms with E-state index in [9.17, 15) is 18.0 Å². The third-order valence-corrected chi connectivity index (χ3v) is 4.31. The quantitative estimate of drug-likeness (QED) is 0.647. The van der Waals surface area contributed by atoms with Crippen LogP contribution in [0.4, 0.5) is 11.4 Å². The average Bonchev–Trinajstić information content (AvgIpc) is 2.64. The molecule has 9 heteroatoms. The lowest BCUT2D eigenvalue weighted by atomic mass is 10.2. The highest BCUT2D eigenvalue weighted by molar-refractivity contribution is 7.92. The number of carbonyl (C=O) groups is 2. The van der Waals surface area contributed by atoms with Crippen LogP contribution in [0.2, 0.25) is 0 Å². The van der Waals surface area contributed by atoms with Crippen molar-refractivity contribution in [1.82, 2.24) is 5.32 Å². The number of amides is 1. The van der Waals surface area contributed by atoms with Gasteiger partial charge in [0.2, 0.25) is 10.0 Å². The van der Waals surface area contributed by atoms with Crippen molar-refractivity contribution in [2.75, 3.05) is 36.6 Å². The predicted octanol–water partition coefficient (Wildman–Crippen LogP) is 1.60. The van der Waals surface area contributed by atoms with Gasteiger partial charge in [-0.25, -0.2) is 13.2 Å². The van der Waals surface area contributed by atoms with E-state index >= 15 is 0 Å². The molecule has 0 bridgehead atoms. The first kappa shape index (κ1) is 21.2. The molecule has 0 fully saturated rings. The number of esters is 1. The summed E-state index contributed by atoms with van der Waals surface area (Å²) in [5.41, 5.74) is 2.08. The Morgan fingerprint density at radius 1 is 1.04 bits per heavy atom. The second-order valence-electron chi connectivity index (χ2n) is 6.33. The molecule has 0 aliphatic heterocycles. The van der Waals surface area contributed by atoms with Gasteiger partial charge in [-0.05, 0) is 29.8 Å². The van der Waals surface area contributed by atoms with E-state index in [0.29, 0.717) is 6.54 Å². The number of carbonyl (C=O) groups excluding carboxylic acids is 2. The predicted molar refractivity (Wildman–Crippen MR) is 108 cm³/mol. The molecule has 2 rings (SSSR count). The van der Waals surface area contributed by atoms with Gasteiger partial charge in [0, 0.05) is 26.3 Å². The van der Waals surface area contributed by atoms with Gasteiger partial charge in [-0.2, -0.15) is 0 Å². The first-order chi connectivity index (χ1) is 13.2. The van der Waals surface area contributed by atoms with Crippen LogP contribution >= 0.6 is 0 Å². The van der Waals surface area contributed by atoms with E-state index in [0.717, 1.165) is 17.5 Å². The van der Waals surface area contributed by atoms with E-state index < -0.39 is 28.5 Å². The van der Waals surface area contributed by atoms with Crippen molar-refractivity contribution in [3.63, 3.8) is 0 Å². The Labute approximate surface area is 164 Å². The lowest BCUT2D eigenvalue weighted by molar-refractivity contribution is -0.124. The Hall–Kier alpha value is -3.07. The minimum atomic E-state index is -3.55. The molecular weight excluding hydrogens is 382 g/mol. The fourth-order valence-electron chi connectivity index (χ4n) is 2.32. The number of nitrogens with zero attached hydrogens (tertiary/aromatic N) is 1. The van der Waals surface area contributed by atoms with Gasteiger partial charge < -0.3 is 15.0 Å². The minimum absolute atomic E-state index is 0.0278. The summed E-state index contributed by atoms with van der Waals surface area (Å²) >= 11 is 0. The number of ether oxygens (including phenoxy) is 1. The van der Waals surface area contributed by atoms with E-state index in [1.165, 1.54) is 12.1 Å². The number of benzene rings is 2. The zero-order valence-electron chi connectivity index (χ0n) is 15.9. The van der Waals surface area contributed by atoms with E-state index in [1.54, 1.807) is 12.1 Å². The van der Waals surface area contributed by atoms with Gasteiger partial charge in [0.25, 0.3) is 5.91 Å². The van der Waals surface area contributed by atoms with Gasteiger partial charge >= 0.3 is 5.97 Å². The van der Waals surface area contributed by atoms with Crippen LogP contribution in [-0.4, -0.2) is 47.3 Å². The van der Waals surface area contributed by atoms with Crippen LogP contribution in [0.1, 0.15) is 15.9 Å². The summed E-state index contributed by atoms with van der Waals surface area (Å²) in [6, 6.07) is 13.7. The molecule has 0 saturated carbocycles.